The molecule has 8 heteroatoms. The summed E-state index contributed by atoms with van der Waals surface area (Å²) < 4.78 is 7.53. The Morgan fingerprint density at radius 2 is 1.93 bits per heavy atom. The van der Waals surface area contributed by atoms with Gasteiger partial charge in [-0.3, -0.25) is 4.79 Å². The van der Waals surface area contributed by atoms with Crippen molar-refractivity contribution in [3.63, 3.8) is 0 Å². The topological polar surface area (TPSA) is 69.0 Å². The van der Waals surface area contributed by atoms with Gasteiger partial charge in [-0.15, -0.1) is 10.2 Å². The van der Waals surface area contributed by atoms with E-state index in [1.165, 1.54) is 11.8 Å². The highest BCUT2D eigenvalue weighted by Crippen LogP contribution is 2.30. The van der Waals surface area contributed by atoms with Crippen molar-refractivity contribution < 1.29 is 9.53 Å². The summed E-state index contributed by atoms with van der Waals surface area (Å²) in [6, 6.07) is 14.7. The number of aromatic nitrogens is 3. The average molecular weight is 403 g/mol. The smallest absolute Gasteiger partial charge is 0.234 e. The van der Waals surface area contributed by atoms with Crippen LogP contribution < -0.4 is 10.1 Å². The first-order chi connectivity index (χ1) is 13.1. The monoisotopic (exact) mass is 402 g/mol. The summed E-state index contributed by atoms with van der Waals surface area (Å²) in [5.74, 6) is 1.55. The molecule has 0 fully saturated rings. The quantitative estimate of drug-likeness (QED) is 0.598. The van der Waals surface area contributed by atoms with Crippen LogP contribution in [0.1, 0.15) is 6.92 Å². The van der Waals surface area contributed by atoms with E-state index in [0.717, 1.165) is 11.3 Å². The highest BCUT2D eigenvalue weighted by Gasteiger charge is 2.16. The van der Waals surface area contributed by atoms with Crippen molar-refractivity contribution in [3.8, 4) is 17.1 Å². The van der Waals surface area contributed by atoms with Crippen LogP contribution in [0, 0.1) is 0 Å². The maximum absolute atomic E-state index is 12.2. The van der Waals surface area contributed by atoms with Gasteiger partial charge in [-0.05, 0) is 43.3 Å². The van der Waals surface area contributed by atoms with Gasteiger partial charge < -0.3 is 14.6 Å². The number of nitrogens with zero attached hydrogens (tertiary/aromatic N) is 3. The molecule has 0 radical (unpaired) electrons. The predicted molar refractivity (Wildman–Crippen MR) is 108 cm³/mol. The molecule has 0 saturated carbocycles. The highest BCUT2D eigenvalue weighted by atomic mass is 35.5. The highest BCUT2D eigenvalue weighted by molar-refractivity contribution is 7.99. The second kappa shape index (κ2) is 8.92. The Balaban J connectivity index is 1.67. The zero-order chi connectivity index (χ0) is 19.2. The summed E-state index contributed by atoms with van der Waals surface area (Å²) in [4.78, 5) is 12.2. The number of carbonyl (C=O) groups is 1. The molecule has 0 atom stereocenters. The fourth-order valence-corrected chi connectivity index (χ4v) is 3.31. The molecule has 0 bridgehead atoms. The summed E-state index contributed by atoms with van der Waals surface area (Å²) in [5.41, 5.74) is 1.57. The number of hydrogen-bond acceptors (Lipinski definition) is 5. The number of benzene rings is 2. The zero-order valence-corrected chi connectivity index (χ0v) is 16.5. The predicted octanol–water partition coefficient (Wildman–Crippen LogP) is 4.27. The first kappa shape index (κ1) is 19.3. The Bertz CT molecular complexity index is 928. The Morgan fingerprint density at radius 3 is 2.67 bits per heavy atom. The van der Waals surface area contributed by atoms with Crippen LogP contribution in [-0.2, 0) is 11.8 Å². The number of rotatable bonds is 7. The Kier molecular flexibility index (Phi) is 6.36. The fraction of sp³-hybridized carbons (Fsp3) is 0.211. The van der Waals surface area contributed by atoms with Crippen LogP contribution in [0.3, 0.4) is 0 Å². The summed E-state index contributed by atoms with van der Waals surface area (Å²) in [6.45, 7) is 2.51. The largest absolute Gasteiger partial charge is 0.493 e. The van der Waals surface area contributed by atoms with Crippen molar-refractivity contribution in [2.24, 2.45) is 7.05 Å². The summed E-state index contributed by atoms with van der Waals surface area (Å²) >= 11 is 7.17. The van der Waals surface area contributed by atoms with Gasteiger partial charge in [0.15, 0.2) is 11.0 Å². The van der Waals surface area contributed by atoms with Crippen molar-refractivity contribution >= 4 is 35.0 Å². The summed E-state index contributed by atoms with van der Waals surface area (Å²) in [5, 5.41) is 12.6. The Hall–Kier alpha value is -2.51. The number of thioether (sulfide) groups is 1. The van der Waals surface area contributed by atoms with Crippen LogP contribution >= 0.6 is 23.4 Å². The number of para-hydroxylation sites is 1. The molecule has 140 valence electrons. The van der Waals surface area contributed by atoms with Gasteiger partial charge in [-0.1, -0.05) is 35.5 Å². The van der Waals surface area contributed by atoms with Crippen molar-refractivity contribution in [1.82, 2.24) is 14.8 Å². The lowest BCUT2D eigenvalue weighted by Gasteiger charge is -2.09. The number of hydrogen-bond donors (Lipinski definition) is 1. The van der Waals surface area contributed by atoms with Gasteiger partial charge in [0.2, 0.25) is 5.91 Å². The average Bonchev–Trinajstić information content (AvgIpc) is 3.03. The van der Waals surface area contributed by atoms with E-state index >= 15 is 0 Å². The van der Waals surface area contributed by atoms with Crippen LogP contribution in [-0.4, -0.2) is 33.0 Å². The number of anilines is 1. The molecule has 27 heavy (non-hydrogen) atoms. The number of carbonyl (C=O) groups excluding carboxylic acids is 1. The number of nitrogens with one attached hydrogen (secondary N) is 1. The van der Waals surface area contributed by atoms with E-state index in [4.69, 9.17) is 16.3 Å². The Labute approximate surface area is 166 Å². The molecule has 0 unspecified atom stereocenters. The Morgan fingerprint density at radius 1 is 1.19 bits per heavy atom. The van der Waals surface area contributed by atoms with Crippen LogP contribution in [0.4, 0.5) is 5.69 Å². The van der Waals surface area contributed by atoms with E-state index in [-0.39, 0.29) is 11.7 Å². The van der Waals surface area contributed by atoms with Crippen molar-refractivity contribution in [1.29, 1.82) is 0 Å². The number of ether oxygens (including phenoxy) is 1. The first-order valence-electron chi connectivity index (χ1n) is 8.38. The minimum atomic E-state index is -0.124. The van der Waals surface area contributed by atoms with Gasteiger partial charge in [-0.2, -0.15) is 0 Å². The fourth-order valence-electron chi connectivity index (χ4n) is 2.47. The molecule has 6 nitrogen and oxygen atoms in total. The van der Waals surface area contributed by atoms with E-state index in [0.29, 0.717) is 28.3 Å². The van der Waals surface area contributed by atoms with Gasteiger partial charge in [0.05, 0.1) is 17.9 Å². The molecule has 0 aliphatic carbocycles. The maximum Gasteiger partial charge on any atom is 0.234 e. The van der Waals surface area contributed by atoms with E-state index in [1.54, 1.807) is 24.3 Å². The third-order valence-corrected chi connectivity index (χ3v) is 5.00. The molecule has 1 aromatic heterocycles. The SMILES string of the molecule is CCOc1ccccc1-c1nnc(SCC(=O)Nc2ccc(Cl)cc2)n1C. The molecule has 0 aliphatic rings. The van der Waals surface area contributed by atoms with Gasteiger partial charge in [0.25, 0.3) is 0 Å². The molecule has 1 heterocycles. The molecular formula is C19H19ClN4O2S. The third-order valence-electron chi connectivity index (χ3n) is 3.72. The first-order valence-corrected chi connectivity index (χ1v) is 9.74. The zero-order valence-electron chi connectivity index (χ0n) is 15.0. The number of halogens is 1. The minimum absolute atomic E-state index is 0.124. The normalized spacial score (nSPS) is 10.6. The molecular weight excluding hydrogens is 384 g/mol. The van der Waals surface area contributed by atoms with Gasteiger partial charge in [0.1, 0.15) is 5.75 Å². The molecule has 0 saturated heterocycles. The molecule has 1 amide bonds. The standard InChI is InChI=1S/C19H19ClN4O2S/c1-3-26-16-7-5-4-6-15(16)18-22-23-19(24(18)2)27-12-17(25)21-14-10-8-13(20)9-11-14/h4-11H,3,12H2,1-2H3,(H,21,25). The molecule has 0 spiro atoms. The second-order valence-corrected chi connectivity index (χ2v) is 7.02. The molecule has 3 rings (SSSR count). The van der Waals surface area contributed by atoms with E-state index in [9.17, 15) is 4.79 Å². The summed E-state index contributed by atoms with van der Waals surface area (Å²) in [6.07, 6.45) is 0. The third kappa shape index (κ3) is 4.81. The van der Waals surface area contributed by atoms with Crippen molar-refractivity contribution in [2.45, 2.75) is 12.1 Å². The van der Waals surface area contributed by atoms with E-state index in [2.05, 4.69) is 15.5 Å². The van der Waals surface area contributed by atoms with Crippen LogP contribution in [0.15, 0.2) is 53.7 Å². The van der Waals surface area contributed by atoms with Crippen LogP contribution in [0.25, 0.3) is 11.4 Å². The van der Waals surface area contributed by atoms with Crippen molar-refractivity contribution in [2.75, 3.05) is 17.7 Å². The molecule has 2 aromatic carbocycles. The maximum atomic E-state index is 12.2. The van der Waals surface area contributed by atoms with Gasteiger partial charge >= 0.3 is 0 Å². The lowest BCUT2D eigenvalue weighted by Crippen LogP contribution is -2.14. The van der Waals surface area contributed by atoms with Crippen LogP contribution in [0.5, 0.6) is 5.75 Å². The van der Waals surface area contributed by atoms with E-state index < -0.39 is 0 Å². The second-order valence-electron chi connectivity index (χ2n) is 5.64. The molecule has 3 aromatic rings. The lowest BCUT2D eigenvalue weighted by atomic mass is 10.2. The van der Waals surface area contributed by atoms with Crippen molar-refractivity contribution in [3.05, 3.63) is 53.6 Å². The van der Waals surface area contributed by atoms with Gasteiger partial charge in [-0.25, -0.2) is 0 Å². The summed E-state index contributed by atoms with van der Waals surface area (Å²) in [7, 11) is 1.87. The lowest BCUT2D eigenvalue weighted by molar-refractivity contribution is -0.113. The molecule has 1 N–H and O–H groups in total. The number of amides is 1. The van der Waals surface area contributed by atoms with Crippen LogP contribution in [0.2, 0.25) is 5.02 Å². The molecule has 0 aliphatic heterocycles. The van der Waals surface area contributed by atoms with Gasteiger partial charge in [0, 0.05) is 17.8 Å². The van der Waals surface area contributed by atoms with E-state index in [1.807, 2.05) is 42.8 Å². The minimum Gasteiger partial charge on any atom is -0.493 e.